The Labute approximate surface area is 212 Å². The molecule has 8 nitrogen and oxygen atoms in total. The number of allylic oxidation sites excluding steroid dienone is 1. The highest BCUT2D eigenvalue weighted by atomic mass is 32.1. The zero-order valence-corrected chi connectivity index (χ0v) is 21.5. The molecule has 0 radical (unpaired) electrons. The molecule has 4 N–H and O–H groups in total. The Morgan fingerprint density at radius 1 is 1.20 bits per heavy atom. The van der Waals surface area contributed by atoms with E-state index in [-0.39, 0.29) is 12.2 Å². The second kappa shape index (κ2) is 13.0. The van der Waals surface area contributed by atoms with E-state index in [1.165, 1.54) is 35.3 Å². The smallest absolute Gasteiger partial charge is 0.282 e. The fourth-order valence-electron chi connectivity index (χ4n) is 4.51. The minimum absolute atomic E-state index is 0.142. The molecule has 0 atom stereocenters. The number of piperidine rings is 1. The number of nitrogens with zero attached hydrogens (tertiary/aromatic N) is 4. The van der Waals surface area contributed by atoms with Gasteiger partial charge >= 0.3 is 0 Å². The van der Waals surface area contributed by atoms with Gasteiger partial charge in [-0.15, -0.1) is 11.3 Å². The Hall–Kier alpha value is -2.49. The molecule has 1 saturated carbocycles. The summed E-state index contributed by atoms with van der Waals surface area (Å²) in [7, 11) is 0. The third-order valence-electron chi connectivity index (χ3n) is 6.56. The molecule has 2 aromatic rings. The van der Waals surface area contributed by atoms with Crippen LogP contribution in [0.5, 0.6) is 0 Å². The van der Waals surface area contributed by atoms with Crippen molar-refractivity contribution in [3.63, 3.8) is 0 Å². The third kappa shape index (κ3) is 8.59. The minimum atomic E-state index is -0.142. The van der Waals surface area contributed by atoms with E-state index in [4.69, 9.17) is 10.5 Å². The zero-order valence-electron chi connectivity index (χ0n) is 20.7. The molecular weight excluding hydrogens is 460 g/mol. The number of aliphatic hydroxyl groups excluding tert-OH is 1. The standard InChI is InChI=1S/C26H38N6O2S/c1-19(9-12-28-25(27)34-22-5-3-2-4-6-22)15-23-17-30-26(35-23)31-24-8-7-20(16-29-24)18-32-13-10-21(33)11-14-32/h7-9,16-17,21-22,33H,2-6,10-15,18H2,1H3,(H2,27,28)(H,29,30,31)/b19-9-. The van der Waals surface area contributed by atoms with Gasteiger partial charge in [-0.3, -0.25) is 4.90 Å². The molecule has 2 aliphatic rings. The summed E-state index contributed by atoms with van der Waals surface area (Å²) >= 11 is 1.63. The number of thiazole rings is 1. The third-order valence-corrected chi connectivity index (χ3v) is 7.47. The molecule has 1 aliphatic carbocycles. The first kappa shape index (κ1) is 25.6. The van der Waals surface area contributed by atoms with Crippen LogP contribution in [0.3, 0.4) is 0 Å². The maximum Gasteiger partial charge on any atom is 0.282 e. The van der Waals surface area contributed by atoms with Crippen molar-refractivity contribution in [1.82, 2.24) is 14.9 Å². The predicted octanol–water partition coefficient (Wildman–Crippen LogP) is 4.39. The second-order valence-corrected chi connectivity index (χ2v) is 10.7. The van der Waals surface area contributed by atoms with E-state index in [1.807, 2.05) is 18.5 Å². The molecule has 0 aromatic carbocycles. The van der Waals surface area contributed by atoms with Gasteiger partial charge in [-0.25, -0.2) is 15.0 Å². The van der Waals surface area contributed by atoms with E-state index >= 15 is 0 Å². The summed E-state index contributed by atoms with van der Waals surface area (Å²) in [5, 5.41) is 13.8. The molecule has 2 fully saturated rings. The lowest BCUT2D eigenvalue weighted by Gasteiger charge is -2.29. The monoisotopic (exact) mass is 498 g/mol. The van der Waals surface area contributed by atoms with Crippen molar-refractivity contribution in [2.24, 2.45) is 10.7 Å². The van der Waals surface area contributed by atoms with Crippen LogP contribution in [0.4, 0.5) is 10.9 Å². The van der Waals surface area contributed by atoms with Gasteiger partial charge in [0.1, 0.15) is 11.9 Å². The van der Waals surface area contributed by atoms with E-state index < -0.39 is 0 Å². The van der Waals surface area contributed by atoms with E-state index in [1.54, 1.807) is 11.3 Å². The van der Waals surface area contributed by atoms with Gasteiger partial charge in [0, 0.05) is 43.3 Å². The Balaban J connectivity index is 1.21. The number of aliphatic hydroxyl groups is 1. The lowest BCUT2D eigenvalue weighted by Crippen LogP contribution is -2.35. The fourth-order valence-corrected chi connectivity index (χ4v) is 5.43. The summed E-state index contributed by atoms with van der Waals surface area (Å²) in [4.78, 5) is 17.0. The molecule has 0 unspecified atom stereocenters. The molecule has 190 valence electrons. The molecule has 1 aliphatic heterocycles. The van der Waals surface area contributed by atoms with E-state index in [0.29, 0.717) is 12.6 Å². The van der Waals surface area contributed by atoms with Crippen molar-refractivity contribution in [2.45, 2.75) is 77.0 Å². The summed E-state index contributed by atoms with van der Waals surface area (Å²) < 4.78 is 5.77. The number of ether oxygens (including phenoxy) is 1. The van der Waals surface area contributed by atoms with Gasteiger partial charge in [0.05, 0.1) is 12.6 Å². The van der Waals surface area contributed by atoms with Crippen LogP contribution < -0.4 is 11.1 Å². The molecule has 9 heteroatoms. The number of hydrogen-bond donors (Lipinski definition) is 3. The highest BCUT2D eigenvalue weighted by molar-refractivity contribution is 7.15. The first-order valence-electron chi connectivity index (χ1n) is 12.7. The number of nitrogens with two attached hydrogens (primary N) is 1. The van der Waals surface area contributed by atoms with Gasteiger partial charge in [-0.2, -0.15) is 0 Å². The van der Waals surface area contributed by atoms with Crippen LogP contribution in [-0.4, -0.2) is 57.8 Å². The number of amidine groups is 1. The number of anilines is 2. The number of aliphatic imine (C=N–C) groups is 1. The highest BCUT2D eigenvalue weighted by Crippen LogP contribution is 2.24. The summed E-state index contributed by atoms with van der Waals surface area (Å²) in [6.07, 6.45) is 14.4. The number of aromatic nitrogens is 2. The second-order valence-electron chi connectivity index (χ2n) is 9.60. The first-order valence-corrected chi connectivity index (χ1v) is 13.5. The topological polar surface area (TPSA) is 109 Å². The zero-order chi connectivity index (χ0) is 24.5. The maximum absolute atomic E-state index is 9.66. The van der Waals surface area contributed by atoms with E-state index in [9.17, 15) is 5.11 Å². The number of likely N-dealkylation sites (tertiary alicyclic amines) is 1. The van der Waals surface area contributed by atoms with Gasteiger partial charge in [0.15, 0.2) is 5.13 Å². The predicted molar refractivity (Wildman–Crippen MR) is 142 cm³/mol. The highest BCUT2D eigenvalue weighted by Gasteiger charge is 2.17. The van der Waals surface area contributed by atoms with Gasteiger partial charge < -0.3 is 20.9 Å². The number of nitrogens with one attached hydrogen (secondary N) is 1. The van der Waals surface area contributed by atoms with Crippen LogP contribution >= 0.6 is 11.3 Å². The summed E-state index contributed by atoms with van der Waals surface area (Å²) in [6, 6.07) is 4.41. The Morgan fingerprint density at radius 3 is 2.74 bits per heavy atom. The van der Waals surface area contributed by atoms with Gasteiger partial charge in [0.25, 0.3) is 6.02 Å². The fraction of sp³-hybridized carbons (Fsp3) is 0.577. The number of pyridine rings is 1. The molecule has 35 heavy (non-hydrogen) atoms. The van der Waals surface area contributed by atoms with Crippen LogP contribution in [-0.2, 0) is 17.7 Å². The molecule has 4 rings (SSSR count). The van der Waals surface area contributed by atoms with Crippen LogP contribution in [0, 0.1) is 0 Å². The first-order chi connectivity index (χ1) is 17.0. The summed E-state index contributed by atoms with van der Waals surface area (Å²) in [5.41, 5.74) is 8.35. The lowest BCUT2D eigenvalue weighted by atomic mass is 9.98. The Morgan fingerprint density at radius 2 is 2.00 bits per heavy atom. The molecule has 0 bridgehead atoms. The summed E-state index contributed by atoms with van der Waals surface area (Å²) in [6.45, 7) is 5.37. The molecule has 3 heterocycles. The maximum atomic E-state index is 9.66. The van der Waals surface area contributed by atoms with Crippen molar-refractivity contribution in [3.05, 3.63) is 46.6 Å². The Bertz CT molecular complexity index is 976. The average molecular weight is 499 g/mol. The molecule has 0 amide bonds. The van der Waals surface area contributed by atoms with E-state index in [2.05, 4.69) is 44.2 Å². The van der Waals surface area contributed by atoms with Crippen LogP contribution in [0.25, 0.3) is 0 Å². The quantitative estimate of drug-likeness (QED) is 0.267. The Kier molecular flexibility index (Phi) is 9.50. The molecule has 1 saturated heterocycles. The van der Waals surface area contributed by atoms with Crippen molar-refractivity contribution in [2.75, 3.05) is 25.0 Å². The van der Waals surface area contributed by atoms with Gasteiger partial charge in [-0.05, 0) is 57.1 Å². The number of hydrogen-bond acceptors (Lipinski definition) is 8. The SMILES string of the molecule is C/C(=C/CN=C(N)OC1CCCCC1)Cc1cnc(Nc2ccc(CN3CCC(O)CC3)cn2)s1. The van der Waals surface area contributed by atoms with E-state index in [0.717, 1.165) is 62.7 Å². The van der Waals surface area contributed by atoms with Gasteiger partial charge in [0.2, 0.25) is 0 Å². The van der Waals surface area contributed by atoms with Crippen LogP contribution in [0.2, 0.25) is 0 Å². The van der Waals surface area contributed by atoms with Crippen LogP contribution in [0.15, 0.2) is 41.2 Å². The normalized spacial score (nSPS) is 19.1. The van der Waals surface area contributed by atoms with Crippen LogP contribution in [0.1, 0.15) is 62.3 Å². The van der Waals surface area contributed by atoms with Crippen molar-refractivity contribution in [3.8, 4) is 0 Å². The minimum Gasteiger partial charge on any atom is -0.462 e. The van der Waals surface area contributed by atoms with Gasteiger partial charge in [-0.1, -0.05) is 24.1 Å². The lowest BCUT2D eigenvalue weighted by molar-refractivity contribution is 0.0792. The largest absolute Gasteiger partial charge is 0.462 e. The number of rotatable bonds is 9. The van der Waals surface area contributed by atoms with Crippen molar-refractivity contribution < 1.29 is 9.84 Å². The molecule has 2 aromatic heterocycles. The average Bonchev–Trinajstić information content (AvgIpc) is 3.29. The molecule has 0 spiro atoms. The summed E-state index contributed by atoms with van der Waals surface area (Å²) in [5.74, 6) is 0.791. The van der Waals surface area contributed by atoms with Crippen molar-refractivity contribution in [1.29, 1.82) is 0 Å². The van der Waals surface area contributed by atoms with Crippen molar-refractivity contribution >= 4 is 28.3 Å². The molecular formula is C26H38N6O2S.